The molecule has 2 aromatic carbocycles. The van der Waals surface area contributed by atoms with E-state index in [9.17, 15) is 4.79 Å². The molecule has 0 fully saturated rings. The third-order valence-corrected chi connectivity index (χ3v) is 3.90. The summed E-state index contributed by atoms with van der Waals surface area (Å²) in [5, 5.41) is 9.06. The summed E-state index contributed by atoms with van der Waals surface area (Å²) < 4.78 is 16.2. The van der Waals surface area contributed by atoms with E-state index in [1.807, 2.05) is 25.1 Å². The van der Waals surface area contributed by atoms with Crippen LogP contribution in [-0.2, 0) is 11.3 Å². The zero-order valence-corrected chi connectivity index (χ0v) is 13.9. The van der Waals surface area contributed by atoms with Gasteiger partial charge >= 0.3 is 0 Å². The lowest BCUT2D eigenvalue weighted by Crippen LogP contribution is -2.34. The summed E-state index contributed by atoms with van der Waals surface area (Å²) in [5.41, 5.74) is 1.37. The standard InChI is InChI=1S/C19H18N2O4/c1-2-21(11-14-7-8-17-18(9-14)25-13-24-17)19(22)12-23-16-6-4-3-5-15(16)10-20/h3-9H,2,11-13H2,1H3. The van der Waals surface area contributed by atoms with E-state index < -0.39 is 0 Å². The number of carbonyl (C=O) groups is 1. The molecule has 6 heteroatoms. The van der Waals surface area contributed by atoms with Crippen LogP contribution in [0.5, 0.6) is 17.2 Å². The Hall–Kier alpha value is -3.20. The molecule has 0 spiro atoms. The molecule has 1 amide bonds. The molecule has 1 heterocycles. The predicted octanol–water partition coefficient (Wildman–Crippen LogP) is 2.71. The highest BCUT2D eigenvalue weighted by atomic mass is 16.7. The predicted molar refractivity (Wildman–Crippen MR) is 90.3 cm³/mol. The van der Waals surface area contributed by atoms with E-state index >= 15 is 0 Å². The number of rotatable bonds is 6. The quantitative estimate of drug-likeness (QED) is 0.810. The molecule has 128 valence electrons. The Labute approximate surface area is 146 Å². The molecular weight excluding hydrogens is 320 g/mol. The van der Waals surface area contributed by atoms with Crippen molar-refractivity contribution in [2.45, 2.75) is 13.5 Å². The average molecular weight is 338 g/mol. The number of nitriles is 1. The number of ether oxygens (including phenoxy) is 3. The molecule has 1 aliphatic heterocycles. The van der Waals surface area contributed by atoms with E-state index in [-0.39, 0.29) is 19.3 Å². The molecular formula is C19H18N2O4. The molecule has 6 nitrogen and oxygen atoms in total. The number of para-hydroxylation sites is 1. The van der Waals surface area contributed by atoms with Crippen LogP contribution in [0.15, 0.2) is 42.5 Å². The van der Waals surface area contributed by atoms with Gasteiger partial charge in [-0.15, -0.1) is 0 Å². The maximum absolute atomic E-state index is 12.4. The topological polar surface area (TPSA) is 71.8 Å². The van der Waals surface area contributed by atoms with Crippen molar-refractivity contribution in [3.05, 3.63) is 53.6 Å². The van der Waals surface area contributed by atoms with Crippen LogP contribution in [-0.4, -0.2) is 30.8 Å². The normalized spacial score (nSPS) is 11.7. The Balaban J connectivity index is 1.62. The van der Waals surface area contributed by atoms with Crippen LogP contribution in [0, 0.1) is 11.3 Å². The van der Waals surface area contributed by atoms with Gasteiger partial charge < -0.3 is 19.1 Å². The minimum Gasteiger partial charge on any atom is -0.482 e. The first-order valence-electron chi connectivity index (χ1n) is 7.99. The SMILES string of the molecule is CCN(Cc1ccc2c(c1)OCO2)C(=O)COc1ccccc1C#N. The van der Waals surface area contributed by atoms with Crippen molar-refractivity contribution in [2.24, 2.45) is 0 Å². The molecule has 25 heavy (non-hydrogen) atoms. The van der Waals surface area contributed by atoms with Gasteiger partial charge in [0.05, 0.1) is 5.56 Å². The van der Waals surface area contributed by atoms with Crippen molar-refractivity contribution in [1.82, 2.24) is 4.90 Å². The van der Waals surface area contributed by atoms with Gasteiger partial charge in [-0.05, 0) is 36.8 Å². The minimum atomic E-state index is -0.145. The maximum Gasteiger partial charge on any atom is 0.260 e. The Morgan fingerprint density at radius 1 is 1.24 bits per heavy atom. The number of hydrogen-bond acceptors (Lipinski definition) is 5. The summed E-state index contributed by atoms with van der Waals surface area (Å²) in [4.78, 5) is 14.1. The molecule has 0 saturated carbocycles. The van der Waals surface area contributed by atoms with Crippen LogP contribution in [0.3, 0.4) is 0 Å². The van der Waals surface area contributed by atoms with Crippen molar-refractivity contribution in [3.63, 3.8) is 0 Å². The van der Waals surface area contributed by atoms with Gasteiger partial charge in [0.15, 0.2) is 18.1 Å². The number of benzene rings is 2. The first kappa shape index (κ1) is 16.7. The third-order valence-electron chi connectivity index (χ3n) is 3.90. The van der Waals surface area contributed by atoms with Gasteiger partial charge in [-0.25, -0.2) is 0 Å². The van der Waals surface area contributed by atoms with Gasteiger partial charge in [0.25, 0.3) is 5.91 Å². The summed E-state index contributed by atoms with van der Waals surface area (Å²) in [6, 6.07) is 14.5. The number of likely N-dealkylation sites (N-methyl/N-ethyl adjacent to an activating group) is 1. The van der Waals surface area contributed by atoms with Gasteiger partial charge in [-0.1, -0.05) is 18.2 Å². The summed E-state index contributed by atoms with van der Waals surface area (Å²) in [7, 11) is 0. The largest absolute Gasteiger partial charge is 0.482 e. The van der Waals surface area contributed by atoms with Crippen LogP contribution in [0.25, 0.3) is 0 Å². The molecule has 1 aliphatic rings. The van der Waals surface area contributed by atoms with E-state index in [1.54, 1.807) is 29.2 Å². The molecule has 0 atom stereocenters. The van der Waals surface area contributed by atoms with Gasteiger partial charge in [-0.3, -0.25) is 4.79 Å². The van der Waals surface area contributed by atoms with Crippen molar-refractivity contribution in [2.75, 3.05) is 19.9 Å². The molecule has 2 aromatic rings. The van der Waals surface area contributed by atoms with Crippen LogP contribution >= 0.6 is 0 Å². The highest BCUT2D eigenvalue weighted by Gasteiger charge is 2.17. The fraction of sp³-hybridized carbons (Fsp3) is 0.263. The lowest BCUT2D eigenvalue weighted by Gasteiger charge is -2.21. The van der Waals surface area contributed by atoms with Gasteiger partial charge in [-0.2, -0.15) is 5.26 Å². The number of amides is 1. The number of hydrogen-bond donors (Lipinski definition) is 0. The summed E-state index contributed by atoms with van der Waals surface area (Å²) in [6.45, 7) is 3.03. The number of nitrogens with zero attached hydrogens (tertiary/aromatic N) is 2. The smallest absolute Gasteiger partial charge is 0.260 e. The van der Waals surface area contributed by atoms with Crippen LogP contribution in [0.4, 0.5) is 0 Å². The van der Waals surface area contributed by atoms with Crippen molar-refractivity contribution >= 4 is 5.91 Å². The van der Waals surface area contributed by atoms with Crippen molar-refractivity contribution in [1.29, 1.82) is 5.26 Å². The molecule has 0 saturated heterocycles. The number of carbonyl (C=O) groups excluding carboxylic acids is 1. The fourth-order valence-electron chi connectivity index (χ4n) is 2.55. The third kappa shape index (κ3) is 3.83. The van der Waals surface area contributed by atoms with Gasteiger partial charge in [0.1, 0.15) is 11.8 Å². The average Bonchev–Trinajstić information content (AvgIpc) is 3.12. The zero-order valence-electron chi connectivity index (χ0n) is 13.9. The van der Waals surface area contributed by atoms with Crippen molar-refractivity contribution < 1.29 is 19.0 Å². The first-order valence-corrected chi connectivity index (χ1v) is 7.99. The molecule has 0 unspecified atom stereocenters. The molecule has 0 bridgehead atoms. The maximum atomic E-state index is 12.4. The lowest BCUT2D eigenvalue weighted by atomic mass is 10.2. The van der Waals surface area contributed by atoms with Crippen LogP contribution in [0.2, 0.25) is 0 Å². The number of fused-ring (bicyclic) bond motifs is 1. The van der Waals surface area contributed by atoms with E-state index in [0.29, 0.717) is 30.2 Å². The minimum absolute atomic E-state index is 0.114. The Bertz CT molecular complexity index is 813. The Morgan fingerprint density at radius 2 is 2.04 bits per heavy atom. The summed E-state index contributed by atoms with van der Waals surface area (Å²) in [6.07, 6.45) is 0. The molecule has 0 aromatic heterocycles. The summed E-state index contributed by atoms with van der Waals surface area (Å²) >= 11 is 0. The second kappa shape index (κ2) is 7.58. The van der Waals surface area contributed by atoms with Crippen molar-refractivity contribution in [3.8, 4) is 23.3 Å². The Kier molecular flexibility index (Phi) is 5.05. The molecule has 3 rings (SSSR count). The fourth-order valence-corrected chi connectivity index (χ4v) is 2.55. The Morgan fingerprint density at radius 3 is 2.84 bits per heavy atom. The zero-order chi connectivity index (χ0) is 17.6. The highest BCUT2D eigenvalue weighted by Crippen LogP contribution is 2.32. The first-order chi connectivity index (χ1) is 12.2. The van der Waals surface area contributed by atoms with E-state index in [4.69, 9.17) is 19.5 Å². The molecule has 0 aliphatic carbocycles. The van der Waals surface area contributed by atoms with Gasteiger partial charge in [0, 0.05) is 13.1 Å². The van der Waals surface area contributed by atoms with E-state index in [1.165, 1.54) is 0 Å². The summed E-state index contributed by atoms with van der Waals surface area (Å²) in [5.74, 6) is 1.68. The lowest BCUT2D eigenvalue weighted by molar-refractivity contribution is -0.133. The van der Waals surface area contributed by atoms with Crippen LogP contribution in [0.1, 0.15) is 18.1 Å². The van der Waals surface area contributed by atoms with E-state index in [2.05, 4.69) is 6.07 Å². The monoisotopic (exact) mass is 338 g/mol. The second-order valence-corrected chi connectivity index (χ2v) is 5.49. The molecule has 0 radical (unpaired) electrons. The van der Waals surface area contributed by atoms with Gasteiger partial charge in [0.2, 0.25) is 6.79 Å². The van der Waals surface area contributed by atoms with Crippen LogP contribution < -0.4 is 14.2 Å². The highest BCUT2D eigenvalue weighted by molar-refractivity contribution is 5.77. The van der Waals surface area contributed by atoms with E-state index in [0.717, 1.165) is 11.3 Å². The second-order valence-electron chi connectivity index (χ2n) is 5.49. The molecule has 0 N–H and O–H groups in total.